The first-order chi connectivity index (χ1) is 13.6. The Labute approximate surface area is 165 Å². The molecule has 4 atom stereocenters. The lowest BCUT2D eigenvalue weighted by Gasteiger charge is -2.40. The van der Waals surface area contributed by atoms with Crippen molar-refractivity contribution in [3.8, 4) is 5.75 Å². The molecule has 2 rings (SSSR count). The number of hydrogen-bond acceptors (Lipinski definition) is 10. The highest BCUT2D eigenvalue weighted by molar-refractivity contribution is 5.92. The van der Waals surface area contributed by atoms with Crippen molar-refractivity contribution in [1.29, 1.82) is 0 Å². The van der Waals surface area contributed by atoms with Gasteiger partial charge in [-0.1, -0.05) is 0 Å². The lowest BCUT2D eigenvalue weighted by atomic mass is 10.0. The number of carbonyl (C=O) groups excluding carboxylic acids is 3. The molecule has 0 aliphatic carbocycles. The van der Waals surface area contributed by atoms with Crippen LogP contribution in [0.4, 0.5) is 5.69 Å². The molecule has 1 aliphatic rings. The van der Waals surface area contributed by atoms with Gasteiger partial charge >= 0.3 is 23.9 Å². The largest absolute Gasteiger partial charge is 0.478 e. The van der Waals surface area contributed by atoms with E-state index in [-0.39, 0.29) is 23.6 Å². The summed E-state index contributed by atoms with van der Waals surface area (Å²) < 4.78 is 26.6. The zero-order chi connectivity index (χ0) is 21.7. The summed E-state index contributed by atoms with van der Waals surface area (Å²) in [4.78, 5) is 46.0. The van der Waals surface area contributed by atoms with Gasteiger partial charge in [0.15, 0.2) is 12.2 Å². The van der Waals surface area contributed by atoms with Crippen molar-refractivity contribution >= 4 is 29.6 Å². The number of aromatic carboxylic acids is 1. The average molecular weight is 411 g/mol. The first-order valence-electron chi connectivity index (χ1n) is 8.51. The Morgan fingerprint density at radius 3 is 2.14 bits per heavy atom. The zero-order valence-electron chi connectivity index (χ0n) is 15.9. The molecule has 0 radical (unpaired) electrons. The number of carboxylic acid groups (broad SMARTS) is 1. The Bertz CT molecular complexity index is 808. The summed E-state index contributed by atoms with van der Waals surface area (Å²) in [5, 5.41) is 9.35. The highest BCUT2D eigenvalue weighted by Crippen LogP contribution is 2.29. The average Bonchev–Trinajstić information content (AvgIpc) is 2.59. The van der Waals surface area contributed by atoms with Crippen LogP contribution in [0.15, 0.2) is 18.2 Å². The van der Waals surface area contributed by atoms with Gasteiger partial charge in [-0.15, -0.1) is 0 Å². The van der Waals surface area contributed by atoms with Gasteiger partial charge in [-0.05, 0) is 18.2 Å². The molecular weight excluding hydrogens is 390 g/mol. The molecule has 1 saturated heterocycles. The molecule has 11 heteroatoms. The minimum atomic E-state index is -1.35. The van der Waals surface area contributed by atoms with Crippen molar-refractivity contribution < 1.29 is 48.0 Å². The number of anilines is 1. The third-order valence-corrected chi connectivity index (χ3v) is 3.78. The fraction of sp³-hybridized carbons (Fsp3) is 0.444. The SMILES string of the molecule is CC(=O)O[C@H]1[C@@H](Oc2ccc(N)cc2C(=O)O)OC[C@@H](OC(C)=O)[C@H]1OC(C)=O. The molecule has 1 aliphatic heterocycles. The first kappa shape index (κ1) is 22.0. The van der Waals surface area contributed by atoms with Crippen LogP contribution in [0.2, 0.25) is 0 Å². The van der Waals surface area contributed by atoms with Crippen molar-refractivity contribution in [1.82, 2.24) is 0 Å². The molecule has 3 N–H and O–H groups in total. The van der Waals surface area contributed by atoms with Crippen molar-refractivity contribution in [3.05, 3.63) is 23.8 Å². The van der Waals surface area contributed by atoms with Gasteiger partial charge in [0.2, 0.25) is 12.4 Å². The maximum Gasteiger partial charge on any atom is 0.339 e. The van der Waals surface area contributed by atoms with Gasteiger partial charge in [0.1, 0.15) is 11.3 Å². The Kier molecular flexibility index (Phi) is 6.99. The summed E-state index contributed by atoms with van der Waals surface area (Å²) in [6, 6.07) is 3.91. The van der Waals surface area contributed by atoms with Crippen LogP contribution in [0.1, 0.15) is 31.1 Å². The highest BCUT2D eigenvalue weighted by Gasteiger charge is 2.48. The maximum atomic E-state index is 11.6. The van der Waals surface area contributed by atoms with Gasteiger partial charge in [-0.2, -0.15) is 0 Å². The van der Waals surface area contributed by atoms with E-state index >= 15 is 0 Å². The van der Waals surface area contributed by atoms with Crippen LogP contribution in [0.3, 0.4) is 0 Å². The van der Waals surface area contributed by atoms with Gasteiger partial charge in [-0.3, -0.25) is 14.4 Å². The molecule has 158 valence electrons. The Hall–Kier alpha value is -3.34. The van der Waals surface area contributed by atoms with Crippen LogP contribution in [0.25, 0.3) is 0 Å². The molecule has 0 bridgehead atoms. The molecule has 0 unspecified atom stereocenters. The Balaban J connectivity index is 2.37. The number of nitrogens with two attached hydrogens (primary N) is 1. The highest BCUT2D eigenvalue weighted by atomic mass is 16.7. The number of esters is 3. The van der Waals surface area contributed by atoms with Crippen LogP contribution in [0, 0.1) is 0 Å². The number of rotatable bonds is 6. The van der Waals surface area contributed by atoms with E-state index in [1.165, 1.54) is 18.2 Å². The fourth-order valence-corrected chi connectivity index (χ4v) is 2.75. The number of ether oxygens (including phenoxy) is 5. The minimum Gasteiger partial charge on any atom is -0.478 e. The quantitative estimate of drug-likeness (QED) is 0.381. The molecule has 0 spiro atoms. The monoisotopic (exact) mass is 411 g/mol. The molecule has 1 fully saturated rings. The second-order valence-corrected chi connectivity index (χ2v) is 6.18. The number of carboxylic acids is 1. The predicted molar refractivity (Wildman–Crippen MR) is 94.8 cm³/mol. The second-order valence-electron chi connectivity index (χ2n) is 6.18. The summed E-state index contributed by atoms with van der Waals surface area (Å²) >= 11 is 0. The first-order valence-corrected chi connectivity index (χ1v) is 8.51. The summed E-state index contributed by atoms with van der Waals surface area (Å²) in [6.07, 6.45) is -4.99. The smallest absolute Gasteiger partial charge is 0.339 e. The zero-order valence-corrected chi connectivity index (χ0v) is 15.9. The Morgan fingerprint density at radius 2 is 1.59 bits per heavy atom. The van der Waals surface area contributed by atoms with Gasteiger partial charge in [0.25, 0.3) is 0 Å². The van der Waals surface area contributed by atoms with Gasteiger partial charge in [0, 0.05) is 26.5 Å². The van der Waals surface area contributed by atoms with Crippen molar-refractivity contribution in [3.63, 3.8) is 0 Å². The molecule has 11 nitrogen and oxygen atoms in total. The molecule has 1 aromatic rings. The number of carbonyl (C=O) groups is 4. The number of benzene rings is 1. The third-order valence-electron chi connectivity index (χ3n) is 3.78. The van der Waals surface area contributed by atoms with Crippen LogP contribution >= 0.6 is 0 Å². The summed E-state index contributed by atoms with van der Waals surface area (Å²) in [5.41, 5.74) is 5.56. The standard InChI is InChI=1S/C18H21NO10/c1-8(20)26-14-7-25-18(16(28-10(3)22)15(14)27-9(2)21)29-13-5-4-11(19)6-12(13)17(23)24/h4-6,14-16,18H,7,19H2,1-3H3,(H,23,24)/t14-,15-,16-,18-/m1/s1. The maximum absolute atomic E-state index is 11.6. The number of hydrogen-bond donors (Lipinski definition) is 2. The van der Waals surface area contributed by atoms with E-state index in [1.54, 1.807) is 0 Å². The molecule has 1 heterocycles. The normalized spacial score (nSPS) is 23.6. The predicted octanol–water partition coefficient (Wildman–Crippen LogP) is 0.497. The lowest BCUT2D eigenvalue weighted by Crippen LogP contribution is -2.59. The summed E-state index contributed by atoms with van der Waals surface area (Å²) in [7, 11) is 0. The van der Waals surface area contributed by atoms with E-state index < -0.39 is 48.5 Å². The molecule has 0 saturated carbocycles. The minimum absolute atomic E-state index is 0.110. The summed E-state index contributed by atoms with van der Waals surface area (Å²) in [5.74, 6) is -3.54. The van der Waals surface area contributed by atoms with Crippen LogP contribution in [-0.4, -0.2) is 60.2 Å². The van der Waals surface area contributed by atoms with Gasteiger partial charge in [-0.25, -0.2) is 4.79 Å². The van der Waals surface area contributed by atoms with E-state index in [2.05, 4.69) is 0 Å². The fourth-order valence-electron chi connectivity index (χ4n) is 2.75. The molecule has 0 amide bonds. The van der Waals surface area contributed by atoms with Crippen molar-refractivity contribution in [2.75, 3.05) is 12.3 Å². The van der Waals surface area contributed by atoms with Crippen molar-refractivity contribution in [2.24, 2.45) is 0 Å². The van der Waals surface area contributed by atoms with Crippen LogP contribution < -0.4 is 10.5 Å². The lowest BCUT2D eigenvalue weighted by molar-refractivity contribution is -0.259. The van der Waals surface area contributed by atoms with Crippen molar-refractivity contribution in [2.45, 2.75) is 45.4 Å². The molecule has 0 aromatic heterocycles. The van der Waals surface area contributed by atoms with E-state index in [1.807, 2.05) is 0 Å². The molecular formula is C18H21NO10. The summed E-state index contributed by atoms with van der Waals surface area (Å²) in [6.45, 7) is 3.14. The molecule has 1 aromatic carbocycles. The van der Waals surface area contributed by atoms with Crippen LogP contribution in [-0.2, 0) is 33.3 Å². The second kappa shape index (κ2) is 9.24. The Morgan fingerprint density at radius 1 is 1.00 bits per heavy atom. The molecule has 29 heavy (non-hydrogen) atoms. The van der Waals surface area contributed by atoms with E-state index in [0.717, 1.165) is 20.8 Å². The topological polar surface area (TPSA) is 161 Å². The van der Waals surface area contributed by atoms with E-state index in [0.29, 0.717) is 0 Å². The number of nitrogen functional groups attached to an aromatic ring is 1. The van der Waals surface area contributed by atoms with Crippen LogP contribution in [0.5, 0.6) is 5.75 Å². The van der Waals surface area contributed by atoms with E-state index in [4.69, 9.17) is 29.4 Å². The van der Waals surface area contributed by atoms with Gasteiger partial charge < -0.3 is 34.5 Å². The van der Waals surface area contributed by atoms with E-state index in [9.17, 15) is 24.3 Å². The van der Waals surface area contributed by atoms with Gasteiger partial charge in [0.05, 0.1) is 6.61 Å². The third kappa shape index (κ3) is 5.82.